The van der Waals surface area contributed by atoms with E-state index in [2.05, 4.69) is 30.4 Å². The van der Waals surface area contributed by atoms with Gasteiger partial charge in [0, 0.05) is 24.0 Å². The zero-order valence-corrected chi connectivity index (χ0v) is 14.8. The molecular weight excluding hydrogens is 361 g/mol. The van der Waals surface area contributed by atoms with Crippen LogP contribution in [0.3, 0.4) is 0 Å². The lowest BCUT2D eigenvalue weighted by molar-refractivity contribution is -0.141. The number of anilines is 1. The molecule has 1 N–H and O–H groups in total. The Bertz CT molecular complexity index is 911. The Labute approximate surface area is 153 Å². The van der Waals surface area contributed by atoms with Gasteiger partial charge >= 0.3 is 6.18 Å². The zero-order valence-electron chi connectivity index (χ0n) is 14.8. The molecule has 0 aliphatic heterocycles. The molecule has 0 fully saturated rings. The first-order valence-corrected chi connectivity index (χ1v) is 8.17. The normalized spacial score (nSPS) is 13.0. The second-order valence-corrected chi connectivity index (χ2v) is 6.25. The maximum atomic E-state index is 13.3. The summed E-state index contributed by atoms with van der Waals surface area (Å²) in [6.45, 7) is 5.42. The van der Waals surface area contributed by atoms with Crippen molar-refractivity contribution in [3.05, 3.63) is 48.0 Å². The zero-order chi connectivity index (χ0) is 19.6. The van der Waals surface area contributed by atoms with Gasteiger partial charge in [0.05, 0.1) is 0 Å². The van der Waals surface area contributed by atoms with Crippen molar-refractivity contribution in [3.63, 3.8) is 0 Å². The maximum Gasteiger partial charge on any atom is 0.433 e. The number of pyridine rings is 1. The van der Waals surface area contributed by atoms with Crippen molar-refractivity contribution < 1.29 is 17.7 Å². The van der Waals surface area contributed by atoms with Gasteiger partial charge in [0.25, 0.3) is 0 Å². The topological polar surface area (TPSA) is 89.6 Å². The molecule has 3 heterocycles. The molecule has 7 nitrogen and oxygen atoms in total. The van der Waals surface area contributed by atoms with Crippen LogP contribution < -0.4 is 5.32 Å². The fourth-order valence-corrected chi connectivity index (χ4v) is 2.40. The molecule has 0 aromatic carbocycles. The summed E-state index contributed by atoms with van der Waals surface area (Å²) in [6.07, 6.45) is -1.70. The first-order valence-electron chi connectivity index (χ1n) is 8.17. The van der Waals surface area contributed by atoms with Crippen molar-refractivity contribution in [3.8, 4) is 11.4 Å². The molecule has 3 aromatic rings. The highest BCUT2D eigenvalue weighted by molar-refractivity contribution is 5.56. The van der Waals surface area contributed by atoms with E-state index in [1.165, 1.54) is 12.4 Å². The van der Waals surface area contributed by atoms with E-state index in [0.29, 0.717) is 11.4 Å². The summed E-state index contributed by atoms with van der Waals surface area (Å²) in [4.78, 5) is 15.9. The van der Waals surface area contributed by atoms with Crippen molar-refractivity contribution in [2.45, 2.75) is 33.0 Å². The molecule has 0 unspecified atom stereocenters. The van der Waals surface area contributed by atoms with Crippen LogP contribution in [-0.4, -0.2) is 25.1 Å². The van der Waals surface area contributed by atoms with Gasteiger partial charge in [0.1, 0.15) is 11.9 Å². The Morgan fingerprint density at radius 2 is 1.93 bits per heavy atom. The molecule has 3 rings (SSSR count). The third kappa shape index (κ3) is 4.39. The van der Waals surface area contributed by atoms with Gasteiger partial charge in [-0.1, -0.05) is 19.0 Å². The van der Waals surface area contributed by atoms with Crippen LogP contribution in [0.25, 0.3) is 11.4 Å². The van der Waals surface area contributed by atoms with Gasteiger partial charge in [-0.15, -0.1) is 0 Å². The first kappa shape index (κ1) is 18.7. The number of halogens is 3. The fourth-order valence-electron chi connectivity index (χ4n) is 2.40. The van der Waals surface area contributed by atoms with Crippen LogP contribution in [0, 0.1) is 12.8 Å². The van der Waals surface area contributed by atoms with E-state index >= 15 is 0 Å². The van der Waals surface area contributed by atoms with Crippen LogP contribution in [0.1, 0.15) is 37.3 Å². The Balaban J connectivity index is 2.03. The van der Waals surface area contributed by atoms with Crippen molar-refractivity contribution in [2.75, 3.05) is 5.32 Å². The van der Waals surface area contributed by atoms with E-state index in [9.17, 15) is 13.2 Å². The summed E-state index contributed by atoms with van der Waals surface area (Å²) in [7, 11) is 0. The summed E-state index contributed by atoms with van der Waals surface area (Å²) in [5, 5.41) is 6.70. The molecule has 0 radical (unpaired) electrons. The number of aryl methyl sites for hydroxylation is 1. The van der Waals surface area contributed by atoms with E-state index in [1.54, 1.807) is 19.1 Å². The molecule has 0 saturated heterocycles. The van der Waals surface area contributed by atoms with E-state index in [-0.39, 0.29) is 23.5 Å². The Morgan fingerprint density at radius 3 is 2.48 bits per heavy atom. The highest BCUT2D eigenvalue weighted by atomic mass is 19.4. The molecular formula is C17H17F3N6O. The predicted octanol–water partition coefficient (Wildman–Crippen LogP) is 4.06. The number of alkyl halides is 3. The predicted molar refractivity (Wildman–Crippen MR) is 90.5 cm³/mol. The van der Waals surface area contributed by atoms with Crippen LogP contribution in [-0.2, 0) is 6.18 Å². The molecule has 0 aliphatic rings. The summed E-state index contributed by atoms with van der Waals surface area (Å²) in [6, 6.07) is 3.54. The number of nitrogens with zero attached hydrogens (tertiary/aromatic N) is 5. The third-order valence-electron chi connectivity index (χ3n) is 3.72. The minimum absolute atomic E-state index is 0.00531. The smallest absolute Gasteiger partial charge is 0.358 e. The molecule has 0 bridgehead atoms. The number of rotatable bonds is 5. The van der Waals surface area contributed by atoms with Gasteiger partial charge in [-0.25, -0.2) is 9.97 Å². The monoisotopic (exact) mass is 378 g/mol. The summed E-state index contributed by atoms with van der Waals surface area (Å²) in [5.41, 5.74) is -0.676. The van der Waals surface area contributed by atoms with Gasteiger partial charge < -0.3 is 9.84 Å². The van der Waals surface area contributed by atoms with Gasteiger partial charge in [0.15, 0.2) is 17.3 Å². The Morgan fingerprint density at radius 1 is 1.15 bits per heavy atom. The molecule has 3 aromatic heterocycles. The highest BCUT2D eigenvalue weighted by Crippen LogP contribution is 2.32. The summed E-state index contributed by atoms with van der Waals surface area (Å²) < 4.78 is 45.1. The van der Waals surface area contributed by atoms with Crippen molar-refractivity contribution in [1.29, 1.82) is 0 Å². The number of nitrogens with one attached hydrogen (secondary N) is 1. The van der Waals surface area contributed by atoms with Crippen molar-refractivity contribution in [1.82, 2.24) is 25.1 Å². The molecule has 0 aliphatic carbocycles. The van der Waals surface area contributed by atoms with Crippen LogP contribution >= 0.6 is 0 Å². The molecule has 0 amide bonds. The number of hydrogen-bond acceptors (Lipinski definition) is 7. The molecule has 142 valence electrons. The minimum Gasteiger partial charge on any atom is -0.358 e. The van der Waals surface area contributed by atoms with Crippen LogP contribution in [0.15, 0.2) is 35.1 Å². The van der Waals surface area contributed by atoms with Crippen LogP contribution in [0.4, 0.5) is 19.0 Å². The van der Waals surface area contributed by atoms with E-state index < -0.39 is 17.9 Å². The van der Waals surface area contributed by atoms with Gasteiger partial charge in [-0.2, -0.15) is 18.2 Å². The van der Waals surface area contributed by atoms with Crippen molar-refractivity contribution in [2.24, 2.45) is 5.92 Å². The lowest BCUT2D eigenvalue weighted by Gasteiger charge is -2.20. The van der Waals surface area contributed by atoms with E-state index in [1.807, 2.05) is 13.8 Å². The fraction of sp³-hybridized carbons (Fsp3) is 0.353. The van der Waals surface area contributed by atoms with E-state index in [0.717, 1.165) is 6.07 Å². The quantitative estimate of drug-likeness (QED) is 0.716. The average Bonchev–Trinajstić information content (AvgIpc) is 3.05. The molecule has 27 heavy (non-hydrogen) atoms. The number of aromatic nitrogens is 5. The SMILES string of the molecule is Cc1noc([C@@H](Nc2cc(C(F)(F)F)nc(-c3cccnc3)n2)C(C)C)n1. The van der Waals surface area contributed by atoms with Gasteiger partial charge in [-0.05, 0) is 25.0 Å². The largest absolute Gasteiger partial charge is 0.433 e. The Kier molecular flexibility index (Phi) is 5.06. The highest BCUT2D eigenvalue weighted by Gasteiger charge is 2.34. The van der Waals surface area contributed by atoms with Crippen LogP contribution in [0.2, 0.25) is 0 Å². The molecule has 0 saturated carbocycles. The standard InChI is InChI=1S/C17H17F3N6O/c1-9(2)14(16-22-10(3)26-27-16)24-13-7-12(17(18,19)20)23-15(25-13)11-5-4-6-21-8-11/h4-9,14H,1-3H3,(H,23,24,25)/t14-/m0/s1. The molecule has 0 spiro atoms. The Hall–Kier alpha value is -3.04. The molecule has 1 atom stereocenters. The average molecular weight is 378 g/mol. The third-order valence-corrected chi connectivity index (χ3v) is 3.72. The van der Waals surface area contributed by atoms with Gasteiger partial charge in [-0.3, -0.25) is 4.98 Å². The lowest BCUT2D eigenvalue weighted by atomic mass is 10.0. The van der Waals surface area contributed by atoms with Gasteiger partial charge in [0.2, 0.25) is 5.89 Å². The second kappa shape index (κ2) is 7.29. The summed E-state index contributed by atoms with van der Waals surface area (Å²) in [5.74, 6) is 0.594. The van der Waals surface area contributed by atoms with E-state index in [4.69, 9.17) is 4.52 Å². The minimum atomic E-state index is -4.62. The maximum absolute atomic E-state index is 13.3. The summed E-state index contributed by atoms with van der Waals surface area (Å²) >= 11 is 0. The lowest BCUT2D eigenvalue weighted by Crippen LogP contribution is -2.19. The number of hydrogen-bond donors (Lipinski definition) is 1. The molecule has 10 heteroatoms. The van der Waals surface area contributed by atoms with Crippen molar-refractivity contribution >= 4 is 5.82 Å². The second-order valence-electron chi connectivity index (χ2n) is 6.25. The van der Waals surface area contributed by atoms with Crippen LogP contribution in [0.5, 0.6) is 0 Å². The first-order chi connectivity index (χ1) is 12.7.